The van der Waals surface area contributed by atoms with Gasteiger partial charge >= 0.3 is 6.03 Å². The Labute approximate surface area is 134 Å². The minimum Gasteiger partial charge on any atom is -0.387 e. The summed E-state index contributed by atoms with van der Waals surface area (Å²) in [7, 11) is 1.64. The Balaban J connectivity index is 2.28. The molecule has 0 aliphatic heterocycles. The van der Waals surface area contributed by atoms with Crippen LogP contribution in [0.1, 0.15) is 24.5 Å². The molecule has 1 aromatic rings. The van der Waals surface area contributed by atoms with Crippen molar-refractivity contribution in [3.8, 4) is 0 Å². The number of halogens is 2. The first-order chi connectivity index (χ1) is 10.0. The lowest BCUT2D eigenvalue weighted by atomic mass is 10.1. The molecule has 0 saturated carbocycles. The molecule has 2 amide bonds. The topological polar surface area (TPSA) is 70.6 Å². The molecule has 21 heavy (non-hydrogen) atoms. The van der Waals surface area contributed by atoms with Crippen LogP contribution >= 0.6 is 23.2 Å². The summed E-state index contributed by atoms with van der Waals surface area (Å²) in [6.07, 6.45) is 0.870. The van der Waals surface area contributed by atoms with Crippen molar-refractivity contribution in [1.29, 1.82) is 0 Å². The van der Waals surface area contributed by atoms with Crippen LogP contribution in [0.25, 0.3) is 0 Å². The highest BCUT2D eigenvalue weighted by Crippen LogP contribution is 2.23. The van der Waals surface area contributed by atoms with Gasteiger partial charge in [-0.1, -0.05) is 23.2 Å². The molecule has 1 rings (SSSR count). The molecular formula is C14H20Cl2N2O3. The maximum atomic E-state index is 11.5. The van der Waals surface area contributed by atoms with E-state index in [-0.39, 0.29) is 12.6 Å². The molecule has 0 aliphatic carbocycles. The number of rotatable bonds is 8. The SMILES string of the molecule is COCCCCNC(=O)NCC(O)c1cc(Cl)cc(Cl)c1. The highest BCUT2D eigenvalue weighted by atomic mass is 35.5. The van der Waals surface area contributed by atoms with E-state index in [4.69, 9.17) is 27.9 Å². The summed E-state index contributed by atoms with van der Waals surface area (Å²) in [4.78, 5) is 11.5. The van der Waals surface area contributed by atoms with E-state index in [1.807, 2.05) is 0 Å². The van der Waals surface area contributed by atoms with Crippen molar-refractivity contribution >= 4 is 29.2 Å². The number of carbonyl (C=O) groups is 1. The van der Waals surface area contributed by atoms with Gasteiger partial charge in [0, 0.05) is 36.9 Å². The Morgan fingerprint density at radius 1 is 1.24 bits per heavy atom. The van der Waals surface area contributed by atoms with Crippen molar-refractivity contribution in [1.82, 2.24) is 10.6 Å². The average molecular weight is 335 g/mol. The number of nitrogens with one attached hydrogen (secondary N) is 2. The number of hydrogen-bond acceptors (Lipinski definition) is 3. The molecule has 0 heterocycles. The molecule has 1 aromatic carbocycles. The fraction of sp³-hybridized carbons (Fsp3) is 0.500. The summed E-state index contributed by atoms with van der Waals surface area (Å²) >= 11 is 11.7. The molecule has 1 atom stereocenters. The Hall–Kier alpha value is -1.01. The third-order valence-corrected chi connectivity index (χ3v) is 3.22. The van der Waals surface area contributed by atoms with Gasteiger partial charge in [0.1, 0.15) is 0 Å². The molecule has 0 aliphatic rings. The molecule has 0 saturated heterocycles. The van der Waals surface area contributed by atoms with Gasteiger partial charge in [0.2, 0.25) is 0 Å². The third kappa shape index (κ3) is 7.52. The van der Waals surface area contributed by atoms with Crippen molar-refractivity contribution in [2.24, 2.45) is 0 Å². The Kier molecular flexibility index (Phi) is 8.45. The van der Waals surface area contributed by atoms with Gasteiger partial charge in [-0.3, -0.25) is 0 Å². The predicted molar refractivity (Wildman–Crippen MR) is 83.9 cm³/mol. The number of methoxy groups -OCH3 is 1. The van der Waals surface area contributed by atoms with Gasteiger partial charge in [-0.25, -0.2) is 4.79 Å². The summed E-state index contributed by atoms with van der Waals surface area (Å²) < 4.78 is 4.91. The number of urea groups is 1. The van der Waals surface area contributed by atoms with E-state index < -0.39 is 6.10 Å². The fourth-order valence-corrected chi connectivity index (χ4v) is 2.25. The van der Waals surface area contributed by atoms with E-state index in [0.717, 1.165) is 12.8 Å². The summed E-state index contributed by atoms with van der Waals surface area (Å²) in [5.74, 6) is 0. The first-order valence-electron chi connectivity index (χ1n) is 6.67. The lowest BCUT2D eigenvalue weighted by Gasteiger charge is -2.13. The minimum atomic E-state index is -0.861. The van der Waals surface area contributed by atoms with Crippen molar-refractivity contribution in [2.75, 3.05) is 26.8 Å². The van der Waals surface area contributed by atoms with Crippen LogP contribution in [-0.4, -0.2) is 37.9 Å². The van der Waals surface area contributed by atoms with Crippen molar-refractivity contribution in [3.63, 3.8) is 0 Å². The fourth-order valence-electron chi connectivity index (χ4n) is 1.71. The summed E-state index contributed by atoms with van der Waals surface area (Å²) in [6, 6.07) is 4.49. The maximum absolute atomic E-state index is 11.5. The molecule has 1 unspecified atom stereocenters. The van der Waals surface area contributed by atoms with Crippen LogP contribution in [0.15, 0.2) is 18.2 Å². The second-order valence-electron chi connectivity index (χ2n) is 4.56. The van der Waals surface area contributed by atoms with Crippen LogP contribution in [0, 0.1) is 0 Å². The number of aliphatic hydroxyl groups excluding tert-OH is 1. The van der Waals surface area contributed by atoms with Crippen LogP contribution in [-0.2, 0) is 4.74 Å². The van der Waals surface area contributed by atoms with E-state index in [2.05, 4.69) is 10.6 Å². The number of amides is 2. The van der Waals surface area contributed by atoms with Gasteiger partial charge in [-0.15, -0.1) is 0 Å². The molecule has 5 nitrogen and oxygen atoms in total. The van der Waals surface area contributed by atoms with Crippen LogP contribution in [0.4, 0.5) is 4.79 Å². The maximum Gasteiger partial charge on any atom is 0.314 e. The van der Waals surface area contributed by atoms with Gasteiger partial charge in [-0.05, 0) is 36.6 Å². The molecule has 0 radical (unpaired) electrons. The largest absolute Gasteiger partial charge is 0.387 e. The summed E-state index contributed by atoms with van der Waals surface area (Å²) in [5, 5.41) is 16.2. The van der Waals surface area contributed by atoms with Gasteiger partial charge in [-0.2, -0.15) is 0 Å². The monoisotopic (exact) mass is 334 g/mol. The minimum absolute atomic E-state index is 0.0839. The van der Waals surface area contributed by atoms with Crippen molar-refractivity contribution in [3.05, 3.63) is 33.8 Å². The standard InChI is InChI=1S/C14H20Cl2N2O3/c1-21-5-3-2-4-17-14(20)18-9-13(19)10-6-11(15)8-12(16)7-10/h6-8,13,19H,2-5,9H2,1H3,(H2,17,18,20). The Morgan fingerprint density at radius 2 is 1.90 bits per heavy atom. The number of carbonyl (C=O) groups excluding carboxylic acids is 1. The van der Waals surface area contributed by atoms with Gasteiger partial charge in [0.15, 0.2) is 0 Å². The molecule has 0 bridgehead atoms. The van der Waals surface area contributed by atoms with E-state index in [1.165, 1.54) is 0 Å². The molecule has 118 valence electrons. The first-order valence-corrected chi connectivity index (χ1v) is 7.43. The lowest BCUT2D eigenvalue weighted by Crippen LogP contribution is -2.38. The van der Waals surface area contributed by atoms with E-state index in [1.54, 1.807) is 25.3 Å². The molecule has 0 spiro atoms. The zero-order valence-electron chi connectivity index (χ0n) is 11.9. The molecular weight excluding hydrogens is 315 g/mol. The number of ether oxygens (including phenoxy) is 1. The zero-order chi connectivity index (χ0) is 15.7. The predicted octanol–water partition coefficient (Wildman–Crippen LogP) is 2.75. The molecule has 0 aromatic heterocycles. The second kappa shape index (κ2) is 9.84. The van der Waals surface area contributed by atoms with Gasteiger partial charge < -0.3 is 20.5 Å². The quantitative estimate of drug-likeness (QED) is 0.640. The van der Waals surface area contributed by atoms with E-state index >= 15 is 0 Å². The van der Waals surface area contributed by atoms with Crippen LogP contribution in [0.3, 0.4) is 0 Å². The smallest absolute Gasteiger partial charge is 0.314 e. The highest BCUT2D eigenvalue weighted by Gasteiger charge is 2.10. The van der Waals surface area contributed by atoms with Crippen molar-refractivity contribution in [2.45, 2.75) is 18.9 Å². The molecule has 0 fully saturated rings. The number of aliphatic hydroxyl groups is 1. The number of unbranched alkanes of at least 4 members (excludes halogenated alkanes) is 1. The molecule has 3 N–H and O–H groups in total. The van der Waals surface area contributed by atoms with Gasteiger partial charge in [0.05, 0.1) is 6.10 Å². The number of hydrogen-bond donors (Lipinski definition) is 3. The first kappa shape index (κ1) is 18.0. The van der Waals surface area contributed by atoms with Crippen LogP contribution in [0.5, 0.6) is 0 Å². The van der Waals surface area contributed by atoms with Crippen LogP contribution in [0.2, 0.25) is 10.0 Å². The molecule has 7 heteroatoms. The Morgan fingerprint density at radius 3 is 2.52 bits per heavy atom. The summed E-state index contributed by atoms with van der Waals surface area (Å²) in [6.45, 7) is 1.33. The highest BCUT2D eigenvalue weighted by molar-refractivity contribution is 6.34. The lowest BCUT2D eigenvalue weighted by molar-refractivity contribution is 0.173. The van der Waals surface area contributed by atoms with E-state index in [9.17, 15) is 9.90 Å². The van der Waals surface area contributed by atoms with Crippen molar-refractivity contribution < 1.29 is 14.6 Å². The zero-order valence-corrected chi connectivity index (χ0v) is 13.4. The normalized spacial score (nSPS) is 12.0. The number of benzene rings is 1. The van der Waals surface area contributed by atoms with Crippen LogP contribution < -0.4 is 10.6 Å². The third-order valence-electron chi connectivity index (χ3n) is 2.79. The van der Waals surface area contributed by atoms with E-state index in [0.29, 0.717) is 28.8 Å². The summed E-state index contributed by atoms with van der Waals surface area (Å²) in [5.41, 5.74) is 0.563. The van der Waals surface area contributed by atoms with Gasteiger partial charge in [0.25, 0.3) is 0 Å². The Bertz CT molecular complexity index is 438. The average Bonchev–Trinajstić information content (AvgIpc) is 2.43. The second-order valence-corrected chi connectivity index (χ2v) is 5.43.